The molecule has 1 aliphatic carbocycles. The first-order chi connectivity index (χ1) is 19.8. The molecule has 0 bridgehead atoms. The van der Waals surface area contributed by atoms with E-state index in [1.807, 2.05) is 12.3 Å². The highest BCUT2D eigenvalue weighted by molar-refractivity contribution is 5.96. The molecule has 2 aliphatic heterocycles. The van der Waals surface area contributed by atoms with E-state index in [0.717, 1.165) is 33.7 Å². The van der Waals surface area contributed by atoms with Crippen LogP contribution in [0.2, 0.25) is 0 Å². The number of nitrogens with one attached hydrogen (secondary N) is 1. The molecule has 0 amide bonds. The van der Waals surface area contributed by atoms with Crippen molar-refractivity contribution in [2.45, 2.75) is 11.5 Å². The summed E-state index contributed by atoms with van der Waals surface area (Å²) in [4.78, 5) is 4.71. The topological polar surface area (TPSA) is 34.1 Å². The molecule has 1 unspecified atom stereocenters. The van der Waals surface area contributed by atoms with E-state index in [-0.39, 0.29) is 6.04 Å². The van der Waals surface area contributed by atoms with E-state index >= 15 is 0 Å². The third kappa shape index (κ3) is 2.76. The fourth-order valence-corrected chi connectivity index (χ4v) is 7.12. The summed E-state index contributed by atoms with van der Waals surface area (Å²) >= 11 is 0. The highest BCUT2D eigenvalue weighted by Crippen LogP contribution is 2.62. The molecule has 3 aliphatic rings. The summed E-state index contributed by atoms with van der Waals surface area (Å²) in [5, 5.41) is 4.94. The number of benzene rings is 5. The van der Waals surface area contributed by atoms with Gasteiger partial charge in [-0.15, -0.1) is 0 Å². The number of para-hydroxylation sites is 1. The molecule has 1 spiro atoms. The van der Waals surface area contributed by atoms with Crippen LogP contribution in [0.5, 0.6) is 11.5 Å². The molecular formula is C37H24N2O. The predicted molar refractivity (Wildman–Crippen MR) is 161 cm³/mol. The number of fused-ring (bicyclic) bond motifs is 12. The van der Waals surface area contributed by atoms with Gasteiger partial charge in [-0.3, -0.25) is 4.98 Å². The van der Waals surface area contributed by atoms with Crippen molar-refractivity contribution in [2.24, 2.45) is 0 Å². The summed E-state index contributed by atoms with van der Waals surface area (Å²) in [6.45, 7) is 0. The molecule has 0 saturated carbocycles. The highest BCUT2D eigenvalue weighted by Gasteiger charge is 2.51. The van der Waals surface area contributed by atoms with Crippen molar-refractivity contribution in [3.05, 3.63) is 161 Å². The highest BCUT2D eigenvalue weighted by atomic mass is 16.5. The SMILES string of the molecule is C1=CC(c2ccc3c(c2)C2(c4ccccc4O3)c3ccccc3-c3ccccc32)Nc2c1ccc1cccnc21. The number of hydrogen-bond donors (Lipinski definition) is 1. The van der Waals surface area contributed by atoms with Crippen LogP contribution >= 0.6 is 0 Å². The first-order valence-corrected chi connectivity index (χ1v) is 13.8. The molecule has 1 N–H and O–H groups in total. The molecule has 5 aromatic carbocycles. The van der Waals surface area contributed by atoms with Crippen LogP contribution in [0.1, 0.15) is 39.4 Å². The number of ether oxygens (including phenoxy) is 1. The Hall–Kier alpha value is -5.15. The molecule has 3 heterocycles. The van der Waals surface area contributed by atoms with E-state index < -0.39 is 5.41 Å². The zero-order chi connectivity index (χ0) is 26.3. The fraction of sp³-hybridized carbons (Fsp3) is 0.0541. The van der Waals surface area contributed by atoms with Gasteiger partial charge in [0, 0.05) is 22.7 Å². The van der Waals surface area contributed by atoms with Gasteiger partial charge in [-0.25, -0.2) is 0 Å². The predicted octanol–water partition coefficient (Wildman–Crippen LogP) is 8.88. The average molecular weight is 513 g/mol. The zero-order valence-electron chi connectivity index (χ0n) is 21.6. The third-order valence-corrected chi connectivity index (χ3v) is 8.80. The van der Waals surface area contributed by atoms with Crippen LogP contribution in [0.15, 0.2) is 128 Å². The van der Waals surface area contributed by atoms with Crippen molar-refractivity contribution in [1.29, 1.82) is 0 Å². The molecule has 9 rings (SSSR count). The lowest BCUT2D eigenvalue weighted by Gasteiger charge is -2.40. The van der Waals surface area contributed by atoms with Gasteiger partial charge >= 0.3 is 0 Å². The van der Waals surface area contributed by atoms with Gasteiger partial charge in [0.15, 0.2) is 0 Å². The summed E-state index contributed by atoms with van der Waals surface area (Å²) in [5.74, 6) is 1.82. The summed E-state index contributed by atoms with van der Waals surface area (Å²) in [7, 11) is 0. The molecule has 3 heteroatoms. The van der Waals surface area contributed by atoms with Gasteiger partial charge in [-0.1, -0.05) is 103 Å². The number of anilines is 1. The van der Waals surface area contributed by atoms with Gasteiger partial charge in [0.25, 0.3) is 0 Å². The molecule has 3 nitrogen and oxygen atoms in total. The van der Waals surface area contributed by atoms with E-state index in [9.17, 15) is 0 Å². The van der Waals surface area contributed by atoms with Crippen LogP contribution in [-0.4, -0.2) is 4.98 Å². The molecular weight excluding hydrogens is 488 g/mol. The molecule has 40 heavy (non-hydrogen) atoms. The van der Waals surface area contributed by atoms with Crippen LogP contribution in [-0.2, 0) is 5.41 Å². The summed E-state index contributed by atoms with van der Waals surface area (Å²) < 4.78 is 6.60. The van der Waals surface area contributed by atoms with Gasteiger partial charge in [0.05, 0.1) is 22.7 Å². The molecule has 0 radical (unpaired) electrons. The Morgan fingerprint density at radius 2 is 1.38 bits per heavy atom. The Morgan fingerprint density at radius 3 is 2.20 bits per heavy atom. The lowest BCUT2D eigenvalue weighted by atomic mass is 9.65. The van der Waals surface area contributed by atoms with Gasteiger partial charge in [0.2, 0.25) is 0 Å². The minimum atomic E-state index is -0.460. The van der Waals surface area contributed by atoms with E-state index in [1.165, 1.54) is 38.9 Å². The largest absolute Gasteiger partial charge is 0.457 e. The zero-order valence-corrected chi connectivity index (χ0v) is 21.6. The Morgan fingerprint density at radius 1 is 0.650 bits per heavy atom. The van der Waals surface area contributed by atoms with Crippen molar-refractivity contribution in [2.75, 3.05) is 5.32 Å². The molecule has 1 aromatic heterocycles. The van der Waals surface area contributed by atoms with Gasteiger partial charge < -0.3 is 10.1 Å². The minimum Gasteiger partial charge on any atom is -0.457 e. The normalized spacial score (nSPS) is 16.8. The van der Waals surface area contributed by atoms with Crippen molar-refractivity contribution in [3.63, 3.8) is 0 Å². The quantitative estimate of drug-likeness (QED) is 0.238. The van der Waals surface area contributed by atoms with Crippen molar-refractivity contribution >= 4 is 22.7 Å². The summed E-state index contributed by atoms with van der Waals surface area (Å²) in [5.41, 5.74) is 11.5. The van der Waals surface area contributed by atoms with E-state index in [1.54, 1.807) is 0 Å². The molecule has 1 atom stereocenters. The second kappa shape index (κ2) is 7.93. The number of pyridine rings is 1. The molecule has 188 valence electrons. The second-order valence-corrected chi connectivity index (χ2v) is 10.8. The Balaban J connectivity index is 1.28. The minimum absolute atomic E-state index is 0.00603. The van der Waals surface area contributed by atoms with Gasteiger partial charge in [0.1, 0.15) is 11.5 Å². The van der Waals surface area contributed by atoms with Crippen LogP contribution in [0.3, 0.4) is 0 Å². The van der Waals surface area contributed by atoms with Gasteiger partial charge in [-0.05, 0) is 57.6 Å². The average Bonchev–Trinajstić information content (AvgIpc) is 3.32. The maximum Gasteiger partial charge on any atom is 0.132 e. The number of aromatic nitrogens is 1. The summed E-state index contributed by atoms with van der Waals surface area (Å²) in [6, 6.07) is 41.3. The van der Waals surface area contributed by atoms with Crippen LogP contribution < -0.4 is 10.1 Å². The first-order valence-electron chi connectivity index (χ1n) is 13.8. The third-order valence-electron chi connectivity index (χ3n) is 8.80. The van der Waals surface area contributed by atoms with Crippen LogP contribution in [0.25, 0.3) is 28.1 Å². The number of hydrogen-bond acceptors (Lipinski definition) is 3. The Bertz CT molecular complexity index is 1990. The van der Waals surface area contributed by atoms with E-state index in [2.05, 4.69) is 127 Å². The van der Waals surface area contributed by atoms with Gasteiger partial charge in [-0.2, -0.15) is 0 Å². The number of rotatable bonds is 1. The lowest BCUT2D eigenvalue weighted by Crippen LogP contribution is -2.32. The maximum atomic E-state index is 6.60. The molecule has 0 fully saturated rings. The summed E-state index contributed by atoms with van der Waals surface area (Å²) in [6.07, 6.45) is 6.33. The number of nitrogens with zero attached hydrogens (tertiary/aromatic N) is 1. The lowest BCUT2D eigenvalue weighted by molar-refractivity contribution is 0.436. The van der Waals surface area contributed by atoms with Crippen LogP contribution in [0.4, 0.5) is 5.69 Å². The standard InChI is InChI=1S/C37H24N2O/c1-3-11-28-26(9-1)27-10-2-4-12-29(27)37(28)30-13-5-6-14-33(30)40-34-20-18-25(22-31(34)37)32-19-17-24-16-15-23-8-7-21-38-35(23)36(24)39-32/h1-22,32,39H. The van der Waals surface area contributed by atoms with Crippen molar-refractivity contribution in [1.82, 2.24) is 4.98 Å². The first kappa shape index (κ1) is 21.7. The monoisotopic (exact) mass is 512 g/mol. The van der Waals surface area contributed by atoms with E-state index in [4.69, 9.17) is 9.72 Å². The van der Waals surface area contributed by atoms with Crippen molar-refractivity contribution in [3.8, 4) is 22.6 Å². The van der Waals surface area contributed by atoms with E-state index in [0.29, 0.717) is 0 Å². The van der Waals surface area contributed by atoms with Crippen molar-refractivity contribution < 1.29 is 4.74 Å². The molecule has 6 aromatic rings. The Labute approximate surface area is 232 Å². The fourth-order valence-electron chi connectivity index (χ4n) is 7.12. The Kier molecular flexibility index (Phi) is 4.31. The second-order valence-electron chi connectivity index (χ2n) is 10.8. The smallest absolute Gasteiger partial charge is 0.132 e. The van der Waals surface area contributed by atoms with Crippen LogP contribution in [0, 0.1) is 0 Å². The maximum absolute atomic E-state index is 6.60. The molecule has 0 saturated heterocycles.